The smallest absolute Gasteiger partial charge is 0.100 e. The van der Waals surface area contributed by atoms with Gasteiger partial charge in [-0.25, -0.2) is 8.42 Å². The summed E-state index contributed by atoms with van der Waals surface area (Å²) in [5, 5.41) is 2.14. The van der Waals surface area contributed by atoms with Gasteiger partial charge in [0, 0.05) is 6.42 Å². The minimum atomic E-state index is -4.19. The topological polar surface area (TPSA) is 73.8 Å². The van der Waals surface area contributed by atoms with Crippen molar-refractivity contribution in [3.63, 3.8) is 0 Å². The summed E-state index contributed by atoms with van der Waals surface area (Å²) in [6.45, 7) is 7.03. The van der Waals surface area contributed by atoms with Crippen molar-refractivity contribution in [2.24, 2.45) is 0 Å². The number of nitrogens with two attached hydrogens (primary N) is 1. The van der Waals surface area contributed by atoms with E-state index in [2.05, 4.69) is 12.2 Å². The zero-order valence-electron chi connectivity index (χ0n) is 14.9. The van der Waals surface area contributed by atoms with Crippen molar-refractivity contribution in [2.75, 3.05) is 13.1 Å². The van der Waals surface area contributed by atoms with Gasteiger partial charge in [0.15, 0.2) is 0 Å². The van der Waals surface area contributed by atoms with E-state index in [1.54, 1.807) is 0 Å². The van der Waals surface area contributed by atoms with Gasteiger partial charge in [0.1, 0.15) is 10.1 Å². The van der Waals surface area contributed by atoms with E-state index >= 15 is 0 Å². The first-order valence-corrected chi connectivity index (χ1v) is 10.5. The van der Waals surface area contributed by atoms with Crippen molar-refractivity contribution in [3.8, 4) is 0 Å². The molecule has 22 heavy (non-hydrogen) atoms. The average Bonchev–Trinajstić information content (AvgIpc) is 2.42. The summed E-state index contributed by atoms with van der Waals surface area (Å²) in [7, 11) is -4.19. The van der Waals surface area contributed by atoms with Crippen molar-refractivity contribution in [1.82, 2.24) is 0 Å². The highest BCUT2D eigenvalue weighted by atomic mass is 32.2. The molecular formula is C17H37NO3S. The Morgan fingerprint density at radius 2 is 1.27 bits per heavy atom. The highest BCUT2D eigenvalue weighted by Crippen LogP contribution is 2.17. The summed E-state index contributed by atoms with van der Waals surface area (Å²) in [4.78, 5) is 0. The molecule has 0 radical (unpaired) electrons. The van der Waals surface area contributed by atoms with Crippen molar-refractivity contribution in [1.29, 1.82) is 0 Å². The molecule has 0 saturated carbocycles. The van der Waals surface area contributed by atoms with E-state index in [9.17, 15) is 13.0 Å². The molecule has 0 rings (SSSR count). The minimum Gasteiger partial charge on any atom is -0.748 e. The van der Waals surface area contributed by atoms with Crippen LogP contribution in [0.4, 0.5) is 0 Å². The van der Waals surface area contributed by atoms with E-state index in [4.69, 9.17) is 0 Å². The Kier molecular flexibility index (Phi) is 12.2. The molecule has 0 aliphatic rings. The standard InChI is InChI=1S/C17H37NO3S/c1-4-5-6-7-8-9-10-11-12-13-15-18-16-14-17(2,3)22(19,20)21/h18H,4-16H2,1-3H3,(H,19,20,21). The lowest BCUT2D eigenvalue weighted by Crippen LogP contribution is -2.84. The fourth-order valence-electron chi connectivity index (χ4n) is 2.50. The Morgan fingerprint density at radius 1 is 0.818 bits per heavy atom. The Morgan fingerprint density at radius 3 is 1.73 bits per heavy atom. The fraction of sp³-hybridized carbons (Fsp3) is 1.00. The summed E-state index contributed by atoms with van der Waals surface area (Å²) >= 11 is 0. The maximum absolute atomic E-state index is 11.0. The molecule has 0 unspecified atom stereocenters. The number of quaternary nitrogens is 1. The number of rotatable bonds is 15. The molecule has 0 atom stereocenters. The first-order valence-electron chi connectivity index (χ1n) is 9.08. The average molecular weight is 336 g/mol. The fourth-order valence-corrected chi connectivity index (χ4v) is 2.86. The van der Waals surface area contributed by atoms with E-state index < -0.39 is 14.9 Å². The molecule has 0 fully saturated rings. The van der Waals surface area contributed by atoms with Crippen LogP contribution < -0.4 is 5.32 Å². The second-order valence-corrected chi connectivity index (χ2v) is 9.03. The van der Waals surface area contributed by atoms with Crippen LogP contribution in [0.1, 0.15) is 91.4 Å². The molecule has 0 spiro atoms. The van der Waals surface area contributed by atoms with Crippen LogP contribution in [0.2, 0.25) is 0 Å². The van der Waals surface area contributed by atoms with Gasteiger partial charge < -0.3 is 9.87 Å². The van der Waals surface area contributed by atoms with Crippen LogP contribution in [0, 0.1) is 0 Å². The maximum atomic E-state index is 11.0. The molecule has 2 N–H and O–H groups in total. The van der Waals surface area contributed by atoms with Crippen LogP contribution in [0.15, 0.2) is 0 Å². The summed E-state index contributed by atoms with van der Waals surface area (Å²) in [6.07, 6.45) is 13.7. The largest absolute Gasteiger partial charge is 0.748 e. The highest BCUT2D eigenvalue weighted by molar-refractivity contribution is 7.87. The highest BCUT2D eigenvalue weighted by Gasteiger charge is 2.26. The van der Waals surface area contributed by atoms with Crippen molar-refractivity contribution in [2.45, 2.75) is 96.1 Å². The molecule has 0 aliphatic heterocycles. The molecule has 0 amide bonds. The molecule has 5 heteroatoms. The minimum absolute atomic E-state index is 0.427. The zero-order chi connectivity index (χ0) is 16.9. The lowest BCUT2D eigenvalue weighted by atomic mass is 10.1. The Balaban J connectivity index is 3.31. The van der Waals surface area contributed by atoms with E-state index in [1.165, 1.54) is 78.1 Å². The van der Waals surface area contributed by atoms with Gasteiger partial charge in [0.05, 0.1) is 17.8 Å². The zero-order valence-corrected chi connectivity index (χ0v) is 15.7. The van der Waals surface area contributed by atoms with Crippen molar-refractivity contribution < 1.29 is 18.3 Å². The van der Waals surface area contributed by atoms with Crippen LogP contribution in [-0.4, -0.2) is 30.8 Å². The SMILES string of the molecule is CCCCCCCCCCCC[NH2+]CCC(C)(C)S(=O)(=O)[O-]. The van der Waals surface area contributed by atoms with E-state index in [0.29, 0.717) is 13.0 Å². The molecule has 0 aromatic heterocycles. The second kappa shape index (κ2) is 12.3. The molecule has 0 aromatic rings. The summed E-state index contributed by atoms with van der Waals surface area (Å²) < 4.78 is 32.0. The predicted octanol–water partition coefficient (Wildman–Crippen LogP) is 3.18. The molecule has 0 bridgehead atoms. The Labute approximate surface area is 138 Å². The Bertz CT molecular complexity index is 353. The van der Waals surface area contributed by atoms with Crippen LogP contribution >= 0.6 is 0 Å². The first kappa shape index (κ1) is 21.9. The van der Waals surface area contributed by atoms with Crippen LogP contribution in [0.3, 0.4) is 0 Å². The van der Waals surface area contributed by atoms with Gasteiger partial charge in [-0.2, -0.15) is 0 Å². The molecule has 134 valence electrons. The van der Waals surface area contributed by atoms with Gasteiger partial charge in [-0.3, -0.25) is 0 Å². The van der Waals surface area contributed by atoms with E-state index in [1.807, 2.05) is 0 Å². The molecule has 0 aromatic carbocycles. The Hall–Kier alpha value is -0.130. The summed E-state index contributed by atoms with van der Waals surface area (Å²) in [5.41, 5.74) is 0. The molecule has 4 nitrogen and oxygen atoms in total. The third-order valence-electron chi connectivity index (χ3n) is 4.39. The van der Waals surface area contributed by atoms with Gasteiger partial charge in [-0.1, -0.05) is 58.3 Å². The van der Waals surface area contributed by atoms with Gasteiger partial charge in [0.25, 0.3) is 0 Å². The third kappa shape index (κ3) is 11.4. The lowest BCUT2D eigenvalue weighted by molar-refractivity contribution is -0.655. The van der Waals surface area contributed by atoms with Gasteiger partial charge in [-0.15, -0.1) is 0 Å². The number of unbranched alkanes of at least 4 members (excludes halogenated alkanes) is 9. The summed E-state index contributed by atoms with van der Waals surface area (Å²) in [6, 6.07) is 0. The van der Waals surface area contributed by atoms with Crippen molar-refractivity contribution >= 4 is 10.1 Å². The predicted molar refractivity (Wildman–Crippen MR) is 91.9 cm³/mol. The second-order valence-electron chi connectivity index (χ2n) is 7.01. The normalized spacial score (nSPS) is 12.7. The van der Waals surface area contributed by atoms with Crippen LogP contribution in [0.5, 0.6) is 0 Å². The number of hydrogen-bond acceptors (Lipinski definition) is 3. The van der Waals surface area contributed by atoms with Crippen molar-refractivity contribution in [3.05, 3.63) is 0 Å². The van der Waals surface area contributed by atoms with Gasteiger partial charge in [0.2, 0.25) is 0 Å². The van der Waals surface area contributed by atoms with E-state index in [0.717, 1.165) is 6.54 Å². The monoisotopic (exact) mass is 335 g/mol. The van der Waals surface area contributed by atoms with E-state index in [-0.39, 0.29) is 0 Å². The molecule has 0 aliphatic carbocycles. The molecular weight excluding hydrogens is 298 g/mol. The summed E-state index contributed by atoms with van der Waals surface area (Å²) in [5.74, 6) is 0. The molecule has 0 heterocycles. The van der Waals surface area contributed by atoms with Crippen LogP contribution in [-0.2, 0) is 10.1 Å². The van der Waals surface area contributed by atoms with Gasteiger partial charge in [-0.05, 0) is 26.7 Å². The number of hydrogen-bond donors (Lipinski definition) is 1. The maximum Gasteiger partial charge on any atom is 0.100 e. The first-order chi connectivity index (χ1) is 10.3. The lowest BCUT2D eigenvalue weighted by Gasteiger charge is -2.27. The third-order valence-corrected chi connectivity index (χ3v) is 5.95. The quantitative estimate of drug-likeness (QED) is 0.369. The van der Waals surface area contributed by atoms with Gasteiger partial charge >= 0.3 is 0 Å². The van der Waals surface area contributed by atoms with Crippen LogP contribution in [0.25, 0.3) is 0 Å². The molecule has 0 saturated heterocycles.